The van der Waals surface area contributed by atoms with Gasteiger partial charge < -0.3 is 14.8 Å². The van der Waals surface area contributed by atoms with Gasteiger partial charge in [-0.25, -0.2) is 27.0 Å². The second-order valence-corrected chi connectivity index (χ2v) is 14.2. The number of ether oxygens (including phenoxy) is 2. The molecule has 7 rings (SSSR count). The number of nitrogens with zero attached hydrogens (tertiary/aromatic N) is 2. The summed E-state index contributed by atoms with van der Waals surface area (Å²) in [5.74, 6) is -4.79. The van der Waals surface area contributed by atoms with Crippen molar-refractivity contribution in [3.05, 3.63) is 138 Å². The molecule has 1 amide bonds. The number of anilines is 1. The van der Waals surface area contributed by atoms with Gasteiger partial charge in [-0.3, -0.25) is 14.5 Å². The van der Waals surface area contributed by atoms with Crippen molar-refractivity contribution in [2.45, 2.75) is 30.2 Å². The summed E-state index contributed by atoms with van der Waals surface area (Å²) in [6.45, 7) is 0.598. The number of amides is 1. The lowest BCUT2D eigenvalue weighted by molar-refractivity contribution is -0.142. The van der Waals surface area contributed by atoms with E-state index in [1.807, 2.05) is 30.3 Å². The quantitative estimate of drug-likeness (QED) is 0.113. The molecule has 0 bridgehead atoms. The molecule has 0 saturated heterocycles. The summed E-state index contributed by atoms with van der Waals surface area (Å²) < 4.78 is 83.5. The fourth-order valence-electron chi connectivity index (χ4n) is 6.49. The lowest BCUT2D eigenvalue weighted by Crippen LogP contribution is -2.43. The van der Waals surface area contributed by atoms with Crippen LogP contribution < -0.4 is 14.8 Å². The van der Waals surface area contributed by atoms with Crippen LogP contribution in [-0.4, -0.2) is 50.0 Å². The van der Waals surface area contributed by atoms with E-state index < -0.39 is 56.8 Å². The Morgan fingerprint density at radius 1 is 0.870 bits per heavy atom. The van der Waals surface area contributed by atoms with Crippen LogP contribution in [0.1, 0.15) is 27.9 Å². The van der Waals surface area contributed by atoms with Gasteiger partial charge in [-0.2, -0.15) is 4.39 Å². The molecular formula is C40H31F3N4O6S. The molecule has 0 fully saturated rings. The highest BCUT2D eigenvalue weighted by Crippen LogP contribution is 2.39. The molecule has 3 heterocycles. The third kappa shape index (κ3) is 7.33. The number of carbonyl (C=O) groups excluding carboxylic acids is 2. The van der Waals surface area contributed by atoms with Crippen molar-refractivity contribution in [3.63, 3.8) is 0 Å². The molecule has 10 nitrogen and oxygen atoms in total. The standard InChI is InChI=1S/C40H31F3N4O6S/c1-52-40(49)34(19-26-11-14-30(37-29(26)8-3-16-45-37)31-7-2-5-24-6-4-18-53-38(24)31)46-39(48)36-32(41)21-27(22-33(36)42)47-54(50,51)28-12-9-23(10-13-28)25-15-17-44-35(43)20-25/h2-3,5,7-17,20-22,34,47H,4,6,18-19H2,1H3,(H,46,48)/t34-/m0/s1. The van der Waals surface area contributed by atoms with Crippen LogP contribution in [0.4, 0.5) is 18.9 Å². The molecule has 0 spiro atoms. The number of esters is 1. The second kappa shape index (κ2) is 15.0. The largest absolute Gasteiger partial charge is 0.493 e. The van der Waals surface area contributed by atoms with Crippen molar-refractivity contribution in [1.29, 1.82) is 0 Å². The van der Waals surface area contributed by atoms with Gasteiger partial charge in [0.05, 0.1) is 29.8 Å². The monoisotopic (exact) mass is 752 g/mol. The molecule has 2 aromatic heterocycles. The molecule has 14 heteroatoms. The number of hydrogen-bond donors (Lipinski definition) is 2. The Morgan fingerprint density at radius 3 is 2.39 bits per heavy atom. The molecule has 54 heavy (non-hydrogen) atoms. The van der Waals surface area contributed by atoms with Gasteiger partial charge in [0.1, 0.15) is 29.0 Å². The van der Waals surface area contributed by atoms with Crippen molar-refractivity contribution in [2.75, 3.05) is 18.4 Å². The third-order valence-electron chi connectivity index (χ3n) is 9.04. The predicted molar refractivity (Wildman–Crippen MR) is 195 cm³/mol. The first kappa shape index (κ1) is 36.1. The molecule has 2 N–H and O–H groups in total. The van der Waals surface area contributed by atoms with E-state index in [9.17, 15) is 22.4 Å². The minimum atomic E-state index is -4.34. The number of benzene rings is 4. The normalized spacial score (nSPS) is 13.0. The van der Waals surface area contributed by atoms with Crippen LogP contribution in [-0.2, 0) is 32.4 Å². The van der Waals surface area contributed by atoms with Crippen LogP contribution in [0, 0.1) is 17.6 Å². The Kier molecular flexibility index (Phi) is 10.0. The highest BCUT2D eigenvalue weighted by molar-refractivity contribution is 7.92. The first-order valence-corrected chi connectivity index (χ1v) is 18.2. The zero-order chi connectivity index (χ0) is 38.0. The van der Waals surface area contributed by atoms with Gasteiger partial charge in [0.2, 0.25) is 5.95 Å². The molecule has 6 aromatic rings. The van der Waals surface area contributed by atoms with Crippen molar-refractivity contribution in [3.8, 4) is 28.0 Å². The molecule has 0 aliphatic carbocycles. The minimum Gasteiger partial charge on any atom is -0.493 e. The molecule has 0 unspecified atom stereocenters. The van der Waals surface area contributed by atoms with Crippen LogP contribution in [0.5, 0.6) is 5.75 Å². The summed E-state index contributed by atoms with van der Waals surface area (Å²) in [7, 11) is -3.22. The fourth-order valence-corrected chi connectivity index (χ4v) is 7.53. The minimum absolute atomic E-state index is 0.111. The number of methoxy groups -OCH3 is 1. The van der Waals surface area contributed by atoms with Crippen molar-refractivity contribution in [1.82, 2.24) is 15.3 Å². The summed E-state index contributed by atoms with van der Waals surface area (Å²) in [4.78, 5) is 34.2. The van der Waals surface area contributed by atoms with Crippen molar-refractivity contribution >= 4 is 38.5 Å². The second-order valence-electron chi connectivity index (χ2n) is 12.5. The van der Waals surface area contributed by atoms with Gasteiger partial charge in [-0.05, 0) is 71.5 Å². The van der Waals surface area contributed by atoms with Gasteiger partial charge in [0, 0.05) is 41.4 Å². The number of sulfonamides is 1. The van der Waals surface area contributed by atoms with E-state index >= 15 is 8.78 Å². The van der Waals surface area contributed by atoms with Gasteiger partial charge in [-0.15, -0.1) is 0 Å². The lowest BCUT2D eigenvalue weighted by Gasteiger charge is -2.22. The smallest absolute Gasteiger partial charge is 0.328 e. The molecular weight excluding hydrogens is 722 g/mol. The first-order valence-electron chi connectivity index (χ1n) is 16.8. The van der Waals surface area contributed by atoms with E-state index in [4.69, 9.17) is 9.47 Å². The number of para-hydroxylation sites is 1. The van der Waals surface area contributed by atoms with Gasteiger partial charge >= 0.3 is 5.97 Å². The maximum absolute atomic E-state index is 15.4. The Hall–Kier alpha value is -6.28. The molecule has 1 aliphatic heterocycles. The Bertz CT molecular complexity index is 2510. The van der Waals surface area contributed by atoms with Crippen LogP contribution >= 0.6 is 0 Å². The topological polar surface area (TPSA) is 137 Å². The summed E-state index contributed by atoms with van der Waals surface area (Å²) in [5.41, 5.74) is 3.46. The van der Waals surface area contributed by atoms with Gasteiger partial charge in [0.25, 0.3) is 15.9 Å². The number of pyridine rings is 2. The van der Waals surface area contributed by atoms with Crippen LogP contribution in [0.2, 0.25) is 0 Å². The summed E-state index contributed by atoms with van der Waals surface area (Å²) >= 11 is 0. The lowest BCUT2D eigenvalue weighted by atomic mass is 9.92. The summed E-state index contributed by atoms with van der Waals surface area (Å²) in [5, 5.41) is 3.06. The number of aromatic nitrogens is 2. The van der Waals surface area contributed by atoms with Crippen LogP contribution in [0.25, 0.3) is 33.2 Å². The molecule has 1 atom stereocenters. The SMILES string of the molecule is COC(=O)[C@H](Cc1ccc(-c2cccc3c2OCCC3)c2ncccc12)NC(=O)c1c(F)cc(NS(=O)(=O)c2ccc(-c3ccnc(F)c3)cc2)cc1F. The highest BCUT2D eigenvalue weighted by atomic mass is 32.2. The van der Waals surface area contributed by atoms with Crippen LogP contribution in [0.3, 0.4) is 0 Å². The zero-order valence-electron chi connectivity index (χ0n) is 28.6. The van der Waals surface area contributed by atoms with Crippen LogP contribution in [0.15, 0.2) is 108 Å². The number of rotatable bonds is 10. The maximum atomic E-state index is 15.4. The molecule has 274 valence electrons. The Balaban J connectivity index is 1.11. The van der Waals surface area contributed by atoms with E-state index in [1.165, 1.54) is 36.5 Å². The van der Waals surface area contributed by atoms with E-state index in [0.29, 0.717) is 46.3 Å². The Morgan fingerprint density at radius 2 is 1.65 bits per heavy atom. The van der Waals surface area contributed by atoms with Gasteiger partial charge in [-0.1, -0.05) is 48.5 Å². The summed E-state index contributed by atoms with van der Waals surface area (Å²) in [6.07, 6.45) is 4.61. The average molecular weight is 753 g/mol. The van der Waals surface area contributed by atoms with E-state index in [-0.39, 0.29) is 11.3 Å². The number of nitrogens with one attached hydrogen (secondary N) is 2. The fraction of sp³-hybridized carbons (Fsp3) is 0.150. The molecule has 1 aliphatic rings. The predicted octanol–water partition coefficient (Wildman–Crippen LogP) is 7.02. The van der Waals surface area contributed by atoms with Crippen molar-refractivity contribution < 1.29 is 40.7 Å². The Labute approximate surface area is 308 Å². The first-order chi connectivity index (χ1) is 26.0. The molecule has 4 aromatic carbocycles. The number of carbonyl (C=O) groups is 2. The number of aryl methyl sites for hydroxylation is 1. The maximum Gasteiger partial charge on any atom is 0.328 e. The molecule has 0 saturated carbocycles. The molecule has 0 radical (unpaired) electrons. The highest BCUT2D eigenvalue weighted by Gasteiger charge is 2.28. The van der Waals surface area contributed by atoms with Crippen molar-refractivity contribution in [2.24, 2.45) is 0 Å². The number of halogens is 3. The summed E-state index contributed by atoms with van der Waals surface area (Å²) in [6, 6.07) is 21.2. The van der Waals surface area contributed by atoms with Gasteiger partial charge in [0.15, 0.2) is 0 Å². The number of hydrogen-bond acceptors (Lipinski definition) is 8. The van der Waals surface area contributed by atoms with E-state index in [2.05, 4.69) is 20.0 Å². The van der Waals surface area contributed by atoms with E-state index in [1.54, 1.807) is 24.4 Å². The third-order valence-corrected chi connectivity index (χ3v) is 10.4. The zero-order valence-corrected chi connectivity index (χ0v) is 29.4. The van der Waals surface area contributed by atoms with E-state index in [0.717, 1.165) is 42.4 Å². The average Bonchev–Trinajstić information content (AvgIpc) is 3.17. The number of fused-ring (bicyclic) bond motifs is 2.